The van der Waals surface area contributed by atoms with Gasteiger partial charge in [0.1, 0.15) is 11.6 Å². The SMILES string of the molecule is O=C(NCCc1cnn(-c2ccccc2)c1)c1ccc(F)cc1F. The second-order valence-electron chi connectivity index (χ2n) is 5.26. The third kappa shape index (κ3) is 3.65. The Morgan fingerprint density at radius 1 is 1.12 bits per heavy atom. The Labute approximate surface area is 137 Å². The molecule has 3 aromatic rings. The molecule has 1 amide bonds. The number of halogens is 2. The van der Waals surface area contributed by atoms with E-state index >= 15 is 0 Å². The Bertz CT molecular complexity index is 846. The summed E-state index contributed by atoms with van der Waals surface area (Å²) in [5.41, 5.74) is 1.72. The van der Waals surface area contributed by atoms with Crippen molar-refractivity contribution in [1.29, 1.82) is 0 Å². The lowest BCUT2D eigenvalue weighted by Gasteiger charge is -2.05. The van der Waals surface area contributed by atoms with Crippen LogP contribution in [0, 0.1) is 11.6 Å². The lowest BCUT2D eigenvalue weighted by molar-refractivity contribution is 0.0950. The number of carbonyl (C=O) groups excluding carboxylic acids is 1. The van der Waals surface area contributed by atoms with E-state index in [2.05, 4.69) is 10.4 Å². The quantitative estimate of drug-likeness (QED) is 0.783. The molecule has 0 saturated carbocycles. The average Bonchev–Trinajstić information content (AvgIpc) is 3.04. The summed E-state index contributed by atoms with van der Waals surface area (Å²) in [5, 5.41) is 6.89. The van der Waals surface area contributed by atoms with Gasteiger partial charge in [0.15, 0.2) is 0 Å². The van der Waals surface area contributed by atoms with Crippen LogP contribution in [0.1, 0.15) is 15.9 Å². The molecule has 0 radical (unpaired) electrons. The highest BCUT2D eigenvalue weighted by Crippen LogP contribution is 2.10. The number of aromatic nitrogens is 2. The van der Waals surface area contributed by atoms with Crippen molar-refractivity contribution in [1.82, 2.24) is 15.1 Å². The first-order valence-corrected chi connectivity index (χ1v) is 7.46. The fourth-order valence-corrected chi connectivity index (χ4v) is 2.30. The van der Waals surface area contributed by atoms with Crippen LogP contribution in [-0.2, 0) is 6.42 Å². The van der Waals surface area contributed by atoms with Crippen LogP contribution in [-0.4, -0.2) is 22.2 Å². The van der Waals surface area contributed by atoms with E-state index in [1.54, 1.807) is 10.9 Å². The van der Waals surface area contributed by atoms with Gasteiger partial charge in [-0.3, -0.25) is 4.79 Å². The molecule has 0 spiro atoms. The molecule has 0 saturated heterocycles. The molecule has 0 aliphatic heterocycles. The standard InChI is InChI=1S/C18H15F2N3O/c19-14-6-7-16(17(20)10-14)18(24)21-9-8-13-11-22-23(12-13)15-4-2-1-3-5-15/h1-7,10-12H,8-9H2,(H,21,24). The third-order valence-corrected chi connectivity index (χ3v) is 3.53. The Kier molecular flexibility index (Phi) is 4.65. The van der Waals surface area contributed by atoms with Crippen molar-refractivity contribution in [3.8, 4) is 5.69 Å². The second-order valence-corrected chi connectivity index (χ2v) is 5.26. The molecule has 0 atom stereocenters. The van der Waals surface area contributed by atoms with E-state index in [4.69, 9.17) is 0 Å². The van der Waals surface area contributed by atoms with Gasteiger partial charge >= 0.3 is 0 Å². The monoisotopic (exact) mass is 327 g/mol. The van der Waals surface area contributed by atoms with Crippen molar-refractivity contribution in [3.63, 3.8) is 0 Å². The lowest BCUT2D eigenvalue weighted by Crippen LogP contribution is -2.26. The molecule has 0 bridgehead atoms. The third-order valence-electron chi connectivity index (χ3n) is 3.53. The Hall–Kier alpha value is -3.02. The highest BCUT2D eigenvalue weighted by Gasteiger charge is 2.12. The summed E-state index contributed by atoms with van der Waals surface area (Å²) in [6.45, 7) is 0.329. The van der Waals surface area contributed by atoms with Gasteiger partial charge in [-0.15, -0.1) is 0 Å². The van der Waals surface area contributed by atoms with Crippen LogP contribution in [0.3, 0.4) is 0 Å². The molecule has 3 rings (SSSR count). The molecule has 0 unspecified atom stereocenters. The number of benzene rings is 2. The number of nitrogens with zero attached hydrogens (tertiary/aromatic N) is 2. The zero-order valence-electron chi connectivity index (χ0n) is 12.7. The predicted octanol–water partition coefficient (Wildman–Crippen LogP) is 3.12. The van der Waals surface area contributed by atoms with Gasteiger partial charge in [-0.05, 0) is 36.2 Å². The van der Waals surface area contributed by atoms with Crippen LogP contribution in [0.5, 0.6) is 0 Å². The van der Waals surface area contributed by atoms with Crippen LogP contribution in [0.25, 0.3) is 5.69 Å². The smallest absolute Gasteiger partial charge is 0.254 e. The summed E-state index contributed by atoms with van der Waals surface area (Å²) in [5.74, 6) is -2.15. The van der Waals surface area contributed by atoms with E-state index in [1.807, 2.05) is 36.5 Å². The molecule has 1 heterocycles. The van der Waals surface area contributed by atoms with Crippen molar-refractivity contribution in [3.05, 3.63) is 83.7 Å². The van der Waals surface area contributed by atoms with Gasteiger partial charge in [0.2, 0.25) is 0 Å². The van der Waals surface area contributed by atoms with Gasteiger partial charge in [-0.1, -0.05) is 18.2 Å². The minimum Gasteiger partial charge on any atom is -0.352 e. The molecule has 122 valence electrons. The summed E-state index contributed by atoms with van der Waals surface area (Å²) < 4.78 is 28.1. The zero-order chi connectivity index (χ0) is 16.9. The van der Waals surface area contributed by atoms with Crippen LogP contribution < -0.4 is 5.32 Å². The van der Waals surface area contributed by atoms with Crippen molar-refractivity contribution in [2.45, 2.75) is 6.42 Å². The fraction of sp³-hybridized carbons (Fsp3) is 0.111. The molecule has 1 N–H and O–H groups in total. The normalized spacial score (nSPS) is 10.6. The number of hydrogen-bond acceptors (Lipinski definition) is 2. The number of rotatable bonds is 5. The van der Waals surface area contributed by atoms with E-state index in [0.29, 0.717) is 19.0 Å². The van der Waals surface area contributed by atoms with Gasteiger partial charge in [-0.2, -0.15) is 5.10 Å². The Balaban J connectivity index is 1.57. The molecule has 4 nitrogen and oxygen atoms in total. The molecule has 1 aromatic heterocycles. The van der Waals surface area contributed by atoms with Crippen molar-refractivity contribution < 1.29 is 13.6 Å². The van der Waals surface area contributed by atoms with E-state index in [9.17, 15) is 13.6 Å². The summed E-state index contributed by atoms with van der Waals surface area (Å²) in [4.78, 5) is 11.9. The number of para-hydroxylation sites is 1. The zero-order valence-corrected chi connectivity index (χ0v) is 12.7. The predicted molar refractivity (Wildman–Crippen MR) is 86.0 cm³/mol. The summed E-state index contributed by atoms with van der Waals surface area (Å²) in [6.07, 6.45) is 4.15. The van der Waals surface area contributed by atoms with Gasteiger partial charge in [0.05, 0.1) is 17.4 Å². The van der Waals surface area contributed by atoms with Crippen molar-refractivity contribution in [2.24, 2.45) is 0 Å². The summed E-state index contributed by atoms with van der Waals surface area (Å²) in [7, 11) is 0. The number of hydrogen-bond donors (Lipinski definition) is 1. The fourth-order valence-electron chi connectivity index (χ4n) is 2.30. The molecule has 2 aromatic carbocycles. The Morgan fingerprint density at radius 3 is 2.67 bits per heavy atom. The van der Waals surface area contributed by atoms with Gasteiger partial charge in [-0.25, -0.2) is 13.5 Å². The van der Waals surface area contributed by atoms with Gasteiger partial charge in [0.25, 0.3) is 5.91 Å². The maximum atomic E-state index is 13.5. The molecular weight excluding hydrogens is 312 g/mol. The molecule has 24 heavy (non-hydrogen) atoms. The average molecular weight is 327 g/mol. The second kappa shape index (κ2) is 7.04. The number of carbonyl (C=O) groups is 1. The first-order valence-electron chi connectivity index (χ1n) is 7.46. The van der Waals surface area contributed by atoms with Gasteiger partial charge in [0, 0.05) is 18.8 Å². The molecule has 6 heteroatoms. The minimum atomic E-state index is -0.871. The molecule has 0 aliphatic rings. The lowest BCUT2D eigenvalue weighted by atomic mass is 10.2. The maximum absolute atomic E-state index is 13.5. The number of nitrogens with one attached hydrogen (secondary N) is 1. The number of amides is 1. The minimum absolute atomic E-state index is 0.170. The van der Waals surface area contributed by atoms with Crippen molar-refractivity contribution in [2.75, 3.05) is 6.54 Å². The van der Waals surface area contributed by atoms with Crippen LogP contribution in [0.15, 0.2) is 60.9 Å². The van der Waals surface area contributed by atoms with E-state index in [-0.39, 0.29) is 5.56 Å². The van der Waals surface area contributed by atoms with Gasteiger partial charge < -0.3 is 5.32 Å². The first kappa shape index (κ1) is 15.9. The largest absolute Gasteiger partial charge is 0.352 e. The Morgan fingerprint density at radius 2 is 1.92 bits per heavy atom. The summed E-state index contributed by atoms with van der Waals surface area (Å²) in [6, 6.07) is 12.5. The highest BCUT2D eigenvalue weighted by molar-refractivity contribution is 5.94. The van der Waals surface area contributed by atoms with E-state index in [1.165, 1.54) is 0 Å². The summed E-state index contributed by atoms with van der Waals surface area (Å²) >= 11 is 0. The molecular formula is C18H15F2N3O. The topological polar surface area (TPSA) is 46.9 Å². The van der Waals surface area contributed by atoms with E-state index < -0.39 is 17.5 Å². The van der Waals surface area contributed by atoms with Crippen LogP contribution >= 0.6 is 0 Å². The maximum Gasteiger partial charge on any atom is 0.254 e. The molecule has 0 fully saturated rings. The van der Waals surface area contributed by atoms with Crippen LogP contribution in [0.4, 0.5) is 8.78 Å². The molecule has 0 aliphatic carbocycles. The van der Waals surface area contributed by atoms with E-state index in [0.717, 1.165) is 23.4 Å². The first-order chi connectivity index (χ1) is 11.6. The highest BCUT2D eigenvalue weighted by atomic mass is 19.1. The van der Waals surface area contributed by atoms with Crippen LogP contribution in [0.2, 0.25) is 0 Å². The van der Waals surface area contributed by atoms with Crippen molar-refractivity contribution >= 4 is 5.91 Å².